The van der Waals surface area contributed by atoms with Gasteiger partial charge in [0, 0.05) is 20.8 Å². The molecule has 1 fully saturated rings. The Labute approximate surface area is 106 Å². The third-order valence-electron chi connectivity index (χ3n) is 3.15. The summed E-state index contributed by atoms with van der Waals surface area (Å²) in [6, 6.07) is -0.295. The summed E-state index contributed by atoms with van der Waals surface area (Å²) in [5.74, 6) is -1.10. The lowest BCUT2D eigenvalue weighted by atomic mass is 10.1. The molecule has 18 heavy (non-hydrogen) atoms. The van der Waals surface area contributed by atoms with Gasteiger partial charge in [0.25, 0.3) is 0 Å². The monoisotopic (exact) mass is 260 g/mol. The van der Waals surface area contributed by atoms with Gasteiger partial charge in [0.2, 0.25) is 0 Å². The maximum Gasteiger partial charge on any atom is 0.334 e. The summed E-state index contributed by atoms with van der Waals surface area (Å²) in [7, 11) is 2.97. The van der Waals surface area contributed by atoms with Crippen LogP contribution in [0.25, 0.3) is 0 Å². The minimum atomic E-state index is -1.10. The van der Waals surface area contributed by atoms with Crippen LogP contribution < -0.4 is 5.32 Å². The molecule has 3 unspecified atom stereocenters. The van der Waals surface area contributed by atoms with Crippen molar-refractivity contribution < 1.29 is 24.2 Å². The predicted octanol–water partition coefficient (Wildman–Crippen LogP) is -0.0952. The molecule has 104 valence electrons. The number of nitrogens with one attached hydrogen (secondary N) is 1. The van der Waals surface area contributed by atoms with Gasteiger partial charge in [-0.05, 0) is 13.3 Å². The average molecular weight is 260 g/mol. The Hall–Kier alpha value is -1.34. The van der Waals surface area contributed by atoms with Crippen molar-refractivity contribution in [2.24, 2.45) is 0 Å². The number of likely N-dealkylation sites (N-methyl/N-ethyl adjacent to an activating group) is 1. The molecule has 2 amide bonds. The zero-order valence-corrected chi connectivity index (χ0v) is 10.9. The zero-order chi connectivity index (χ0) is 13.7. The van der Waals surface area contributed by atoms with Crippen LogP contribution >= 0.6 is 0 Å². The van der Waals surface area contributed by atoms with Crippen LogP contribution in [0.3, 0.4) is 0 Å². The third-order valence-corrected chi connectivity index (χ3v) is 3.15. The number of carbonyl (C=O) groups excluding carboxylic acids is 1. The first-order valence-corrected chi connectivity index (χ1v) is 5.85. The molecule has 1 aliphatic rings. The molecule has 0 aromatic carbocycles. The molecule has 2 N–H and O–H groups in total. The topological polar surface area (TPSA) is 88.1 Å². The fourth-order valence-electron chi connectivity index (χ4n) is 1.96. The SMILES string of the molecule is COC(CNC(=O)N(C)C1CCOC1C)C(=O)O. The van der Waals surface area contributed by atoms with Crippen molar-refractivity contribution in [2.45, 2.75) is 31.6 Å². The predicted molar refractivity (Wildman–Crippen MR) is 63.4 cm³/mol. The minimum Gasteiger partial charge on any atom is -0.479 e. The third kappa shape index (κ3) is 3.58. The second-order valence-corrected chi connectivity index (χ2v) is 4.29. The van der Waals surface area contributed by atoms with Gasteiger partial charge in [-0.1, -0.05) is 0 Å². The van der Waals surface area contributed by atoms with E-state index >= 15 is 0 Å². The van der Waals surface area contributed by atoms with E-state index in [0.717, 1.165) is 6.42 Å². The highest BCUT2D eigenvalue weighted by atomic mass is 16.5. The molecule has 1 rings (SSSR count). The molecule has 0 radical (unpaired) electrons. The summed E-state index contributed by atoms with van der Waals surface area (Å²) in [6.45, 7) is 2.49. The van der Waals surface area contributed by atoms with Crippen LogP contribution in [-0.4, -0.2) is 67.6 Å². The first-order chi connectivity index (χ1) is 8.47. The number of aliphatic carboxylic acids is 1. The van der Waals surface area contributed by atoms with Crippen LogP contribution in [0.5, 0.6) is 0 Å². The lowest BCUT2D eigenvalue weighted by molar-refractivity contribution is -0.148. The van der Waals surface area contributed by atoms with Crippen LogP contribution in [0.15, 0.2) is 0 Å². The molecule has 1 aliphatic heterocycles. The number of rotatable bonds is 5. The number of methoxy groups -OCH3 is 1. The molecule has 0 bridgehead atoms. The molecule has 0 aromatic heterocycles. The number of carbonyl (C=O) groups is 2. The summed E-state index contributed by atoms with van der Waals surface area (Å²) in [4.78, 5) is 24.1. The molecule has 7 nitrogen and oxygen atoms in total. The summed E-state index contributed by atoms with van der Waals surface area (Å²) in [5.41, 5.74) is 0. The number of amides is 2. The van der Waals surface area contributed by atoms with E-state index in [1.807, 2.05) is 6.92 Å². The van der Waals surface area contributed by atoms with E-state index in [4.69, 9.17) is 14.6 Å². The fraction of sp³-hybridized carbons (Fsp3) is 0.818. The Bertz CT molecular complexity index is 310. The minimum absolute atomic E-state index is 0.00144. The van der Waals surface area contributed by atoms with Gasteiger partial charge in [0.1, 0.15) is 0 Å². The molecule has 0 aromatic rings. The van der Waals surface area contributed by atoms with E-state index in [1.54, 1.807) is 11.9 Å². The van der Waals surface area contributed by atoms with E-state index in [0.29, 0.717) is 6.61 Å². The van der Waals surface area contributed by atoms with Gasteiger partial charge in [-0.25, -0.2) is 9.59 Å². The van der Waals surface area contributed by atoms with Gasteiger partial charge < -0.3 is 24.8 Å². The largest absolute Gasteiger partial charge is 0.479 e. The van der Waals surface area contributed by atoms with Crippen molar-refractivity contribution >= 4 is 12.0 Å². The average Bonchev–Trinajstić information content (AvgIpc) is 2.74. The standard InChI is InChI=1S/C11H20N2O5/c1-7-8(4-5-18-7)13(2)11(16)12-6-9(17-3)10(14)15/h7-9H,4-6H2,1-3H3,(H,12,16)(H,14,15). The second-order valence-electron chi connectivity index (χ2n) is 4.29. The molecular formula is C11H20N2O5. The maximum absolute atomic E-state index is 11.8. The molecule has 3 atom stereocenters. The lowest BCUT2D eigenvalue weighted by Gasteiger charge is -2.27. The van der Waals surface area contributed by atoms with Crippen molar-refractivity contribution in [1.82, 2.24) is 10.2 Å². The maximum atomic E-state index is 11.8. The normalized spacial score (nSPS) is 24.6. The quantitative estimate of drug-likeness (QED) is 0.721. The number of hydrogen-bond acceptors (Lipinski definition) is 4. The van der Waals surface area contributed by atoms with Gasteiger partial charge in [0.15, 0.2) is 6.10 Å². The smallest absolute Gasteiger partial charge is 0.334 e. The summed E-state index contributed by atoms with van der Waals surface area (Å²) in [6.07, 6.45) is -0.240. The summed E-state index contributed by atoms with van der Waals surface area (Å²) >= 11 is 0. The van der Waals surface area contributed by atoms with Crippen molar-refractivity contribution in [3.8, 4) is 0 Å². The van der Waals surface area contributed by atoms with E-state index < -0.39 is 12.1 Å². The molecule has 1 heterocycles. The number of hydrogen-bond donors (Lipinski definition) is 2. The molecule has 0 aliphatic carbocycles. The van der Waals surface area contributed by atoms with Crippen LogP contribution in [0.2, 0.25) is 0 Å². The molecule has 0 spiro atoms. The highest BCUT2D eigenvalue weighted by Crippen LogP contribution is 2.17. The highest BCUT2D eigenvalue weighted by Gasteiger charge is 2.31. The Morgan fingerprint density at radius 2 is 2.28 bits per heavy atom. The molecular weight excluding hydrogens is 240 g/mol. The zero-order valence-electron chi connectivity index (χ0n) is 10.9. The molecule has 0 saturated carbocycles. The Morgan fingerprint density at radius 1 is 1.61 bits per heavy atom. The van der Waals surface area contributed by atoms with Gasteiger partial charge in [0.05, 0.1) is 18.7 Å². The Kier molecular flexibility index (Phi) is 5.36. The lowest BCUT2D eigenvalue weighted by Crippen LogP contribution is -2.49. The van der Waals surface area contributed by atoms with Gasteiger partial charge in [-0.2, -0.15) is 0 Å². The van der Waals surface area contributed by atoms with Crippen LogP contribution in [-0.2, 0) is 14.3 Å². The first-order valence-electron chi connectivity index (χ1n) is 5.85. The Morgan fingerprint density at radius 3 is 2.72 bits per heavy atom. The number of nitrogens with zero attached hydrogens (tertiary/aromatic N) is 1. The van der Waals surface area contributed by atoms with E-state index in [-0.39, 0.29) is 24.7 Å². The van der Waals surface area contributed by atoms with Gasteiger partial charge >= 0.3 is 12.0 Å². The first kappa shape index (κ1) is 14.7. The Balaban J connectivity index is 2.42. The number of carboxylic acid groups (broad SMARTS) is 1. The van der Waals surface area contributed by atoms with Gasteiger partial charge in [-0.15, -0.1) is 0 Å². The summed E-state index contributed by atoms with van der Waals surface area (Å²) in [5, 5.41) is 11.3. The van der Waals surface area contributed by atoms with Crippen LogP contribution in [0.1, 0.15) is 13.3 Å². The van der Waals surface area contributed by atoms with E-state index in [2.05, 4.69) is 5.32 Å². The number of urea groups is 1. The van der Waals surface area contributed by atoms with Crippen molar-refractivity contribution in [1.29, 1.82) is 0 Å². The fourth-order valence-corrected chi connectivity index (χ4v) is 1.96. The second kappa shape index (κ2) is 6.55. The van der Waals surface area contributed by atoms with Crippen molar-refractivity contribution in [2.75, 3.05) is 27.3 Å². The van der Waals surface area contributed by atoms with Crippen molar-refractivity contribution in [3.63, 3.8) is 0 Å². The van der Waals surface area contributed by atoms with E-state index in [1.165, 1.54) is 7.11 Å². The van der Waals surface area contributed by atoms with Gasteiger partial charge in [-0.3, -0.25) is 0 Å². The van der Waals surface area contributed by atoms with Crippen LogP contribution in [0, 0.1) is 0 Å². The number of carboxylic acids is 1. The summed E-state index contributed by atoms with van der Waals surface area (Å²) < 4.78 is 10.1. The van der Waals surface area contributed by atoms with E-state index in [9.17, 15) is 9.59 Å². The molecule has 7 heteroatoms. The highest BCUT2D eigenvalue weighted by molar-refractivity contribution is 5.77. The van der Waals surface area contributed by atoms with Crippen molar-refractivity contribution in [3.05, 3.63) is 0 Å². The number of ether oxygens (including phenoxy) is 2. The molecule has 1 saturated heterocycles. The van der Waals surface area contributed by atoms with Crippen LogP contribution in [0.4, 0.5) is 4.79 Å².